The number of hydrogen-bond donors (Lipinski definition) is 0. The van der Waals surface area contributed by atoms with Gasteiger partial charge < -0.3 is 9.64 Å². The molecule has 0 saturated carbocycles. The van der Waals surface area contributed by atoms with Crippen molar-refractivity contribution < 1.29 is 14.3 Å². The summed E-state index contributed by atoms with van der Waals surface area (Å²) in [6.45, 7) is 4.55. The molecule has 2 aromatic rings. The molecule has 0 fully saturated rings. The van der Waals surface area contributed by atoms with Crippen molar-refractivity contribution in [2.45, 2.75) is 37.8 Å². The number of carbonyl (C=O) groups is 2. The van der Waals surface area contributed by atoms with Crippen LogP contribution in [0.5, 0.6) is 0 Å². The molecule has 0 radical (unpaired) electrons. The molecule has 0 unspecified atom stereocenters. The largest absolute Gasteiger partial charge is 0.467 e. The zero-order valence-electron chi connectivity index (χ0n) is 15.3. The second-order valence-corrected chi connectivity index (χ2v) is 7.61. The Labute approximate surface area is 158 Å². The van der Waals surface area contributed by atoms with Crippen molar-refractivity contribution in [1.29, 1.82) is 0 Å². The lowest BCUT2D eigenvalue weighted by Gasteiger charge is -2.35. The molecule has 2 aromatic carbocycles. The first-order chi connectivity index (χ1) is 12.5. The fourth-order valence-electron chi connectivity index (χ4n) is 3.32. The quantitative estimate of drug-likeness (QED) is 0.611. The summed E-state index contributed by atoms with van der Waals surface area (Å²) in [4.78, 5) is 27.9. The summed E-state index contributed by atoms with van der Waals surface area (Å²) in [6, 6.07) is 13.6. The minimum Gasteiger partial charge on any atom is -0.467 e. The first-order valence-corrected chi connectivity index (χ1v) is 9.62. The van der Waals surface area contributed by atoms with Gasteiger partial charge in [0, 0.05) is 17.9 Å². The van der Waals surface area contributed by atoms with Crippen molar-refractivity contribution >= 4 is 23.6 Å². The number of thioether (sulfide) groups is 1. The lowest BCUT2D eigenvalue weighted by Crippen LogP contribution is -2.49. The molecule has 1 amide bonds. The Morgan fingerprint density at radius 2 is 1.88 bits per heavy atom. The van der Waals surface area contributed by atoms with Crippen LogP contribution in [0.1, 0.15) is 22.3 Å². The Kier molecular flexibility index (Phi) is 5.67. The van der Waals surface area contributed by atoms with Gasteiger partial charge in [0.1, 0.15) is 6.04 Å². The third-order valence-electron chi connectivity index (χ3n) is 4.72. The van der Waals surface area contributed by atoms with Gasteiger partial charge in [-0.3, -0.25) is 4.79 Å². The molecular weight excluding hydrogens is 346 g/mol. The third-order valence-corrected chi connectivity index (χ3v) is 5.88. The highest BCUT2D eigenvalue weighted by Gasteiger charge is 2.35. The van der Waals surface area contributed by atoms with Crippen LogP contribution < -0.4 is 0 Å². The monoisotopic (exact) mass is 369 g/mol. The Morgan fingerprint density at radius 3 is 2.58 bits per heavy atom. The predicted molar refractivity (Wildman–Crippen MR) is 103 cm³/mol. The van der Waals surface area contributed by atoms with Crippen LogP contribution in [-0.2, 0) is 27.3 Å². The molecule has 1 heterocycles. The molecule has 26 heavy (non-hydrogen) atoms. The van der Waals surface area contributed by atoms with Gasteiger partial charge in [-0.05, 0) is 36.6 Å². The number of fused-ring (bicyclic) bond motifs is 1. The summed E-state index contributed by atoms with van der Waals surface area (Å²) in [5.74, 6) is -0.0937. The van der Waals surface area contributed by atoms with E-state index in [4.69, 9.17) is 4.74 Å². The lowest BCUT2D eigenvalue weighted by atomic mass is 9.94. The summed E-state index contributed by atoms with van der Waals surface area (Å²) >= 11 is 1.52. The van der Waals surface area contributed by atoms with Crippen LogP contribution in [0.25, 0.3) is 0 Å². The predicted octanol–water partition coefficient (Wildman–Crippen LogP) is 3.52. The van der Waals surface area contributed by atoms with Gasteiger partial charge in [0.05, 0.1) is 12.9 Å². The highest BCUT2D eigenvalue weighted by molar-refractivity contribution is 8.00. The minimum absolute atomic E-state index is 0.0418. The lowest BCUT2D eigenvalue weighted by molar-refractivity contribution is -0.153. The normalized spacial score (nSPS) is 16.1. The Bertz CT molecular complexity index is 834. The number of rotatable bonds is 4. The number of carbonyl (C=O) groups excluding carboxylic acids is 2. The number of amides is 1. The van der Waals surface area contributed by atoms with Crippen LogP contribution in [0.15, 0.2) is 47.4 Å². The van der Waals surface area contributed by atoms with Gasteiger partial charge in [-0.25, -0.2) is 4.79 Å². The molecule has 0 aromatic heterocycles. The number of aryl methyl sites for hydroxylation is 2. The van der Waals surface area contributed by atoms with E-state index in [1.165, 1.54) is 24.4 Å². The summed E-state index contributed by atoms with van der Waals surface area (Å²) in [5, 5.41) is 0. The fourth-order valence-corrected chi connectivity index (χ4v) is 4.21. The van der Waals surface area contributed by atoms with Crippen molar-refractivity contribution in [1.82, 2.24) is 4.90 Å². The first-order valence-electron chi connectivity index (χ1n) is 8.63. The smallest absolute Gasteiger partial charge is 0.328 e. The second-order valence-electron chi connectivity index (χ2n) is 6.59. The topological polar surface area (TPSA) is 46.6 Å². The maximum atomic E-state index is 12.9. The van der Waals surface area contributed by atoms with E-state index in [0.717, 1.165) is 21.6 Å². The van der Waals surface area contributed by atoms with Crippen LogP contribution in [0.3, 0.4) is 0 Å². The second kappa shape index (κ2) is 7.96. The van der Waals surface area contributed by atoms with Gasteiger partial charge in [-0.2, -0.15) is 0 Å². The average molecular weight is 369 g/mol. The number of methoxy groups -OCH3 is 1. The fraction of sp³-hybridized carbons (Fsp3) is 0.333. The molecule has 136 valence electrons. The molecule has 0 saturated heterocycles. The highest BCUT2D eigenvalue weighted by Crippen LogP contribution is 2.27. The van der Waals surface area contributed by atoms with Crippen molar-refractivity contribution in [3.63, 3.8) is 0 Å². The maximum absolute atomic E-state index is 12.9. The summed E-state index contributed by atoms with van der Waals surface area (Å²) < 4.78 is 4.94. The minimum atomic E-state index is -0.554. The van der Waals surface area contributed by atoms with Crippen molar-refractivity contribution in [2.24, 2.45) is 0 Å². The standard InChI is InChI=1S/C21H23NO3S/c1-14-8-9-19(15(2)10-14)26-13-20(23)22-12-17-7-5-4-6-16(17)11-18(22)21(24)25-3/h4-10,18H,11-13H2,1-3H3/t18-/m1/s1. The van der Waals surface area contributed by atoms with Crippen molar-refractivity contribution in [3.05, 3.63) is 64.7 Å². The number of esters is 1. The van der Waals surface area contributed by atoms with Gasteiger partial charge in [0.25, 0.3) is 0 Å². The van der Waals surface area contributed by atoms with E-state index in [2.05, 4.69) is 13.0 Å². The average Bonchev–Trinajstić information content (AvgIpc) is 2.65. The van der Waals surface area contributed by atoms with Gasteiger partial charge in [0.2, 0.25) is 5.91 Å². The Morgan fingerprint density at radius 1 is 1.15 bits per heavy atom. The zero-order valence-corrected chi connectivity index (χ0v) is 16.1. The third kappa shape index (κ3) is 3.93. The van der Waals surface area contributed by atoms with E-state index < -0.39 is 6.04 Å². The van der Waals surface area contributed by atoms with Gasteiger partial charge in [0.15, 0.2) is 0 Å². The summed E-state index contributed by atoms with van der Waals surface area (Å²) in [6.07, 6.45) is 0.503. The molecule has 1 atom stereocenters. The van der Waals surface area contributed by atoms with Crippen LogP contribution in [-0.4, -0.2) is 35.7 Å². The van der Waals surface area contributed by atoms with E-state index in [9.17, 15) is 9.59 Å². The number of nitrogens with zero attached hydrogens (tertiary/aromatic N) is 1. The van der Waals surface area contributed by atoms with E-state index in [1.54, 1.807) is 4.90 Å². The number of hydrogen-bond acceptors (Lipinski definition) is 4. The molecule has 4 nitrogen and oxygen atoms in total. The Balaban J connectivity index is 1.76. The van der Waals surface area contributed by atoms with E-state index in [0.29, 0.717) is 18.7 Å². The number of benzene rings is 2. The highest BCUT2D eigenvalue weighted by atomic mass is 32.2. The van der Waals surface area contributed by atoms with Gasteiger partial charge in [-0.15, -0.1) is 11.8 Å². The van der Waals surface area contributed by atoms with Gasteiger partial charge in [-0.1, -0.05) is 42.0 Å². The van der Waals surface area contributed by atoms with E-state index >= 15 is 0 Å². The van der Waals surface area contributed by atoms with Crippen LogP contribution in [0.2, 0.25) is 0 Å². The van der Waals surface area contributed by atoms with Crippen LogP contribution >= 0.6 is 11.8 Å². The molecule has 1 aliphatic heterocycles. The van der Waals surface area contributed by atoms with Gasteiger partial charge >= 0.3 is 5.97 Å². The molecule has 1 aliphatic rings. The van der Waals surface area contributed by atoms with Crippen molar-refractivity contribution in [3.8, 4) is 0 Å². The zero-order chi connectivity index (χ0) is 18.7. The number of ether oxygens (including phenoxy) is 1. The van der Waals surface area contributed by atoms with Crippen molar-refractivity contribution in [2.75, 3.05) is 12.9 Å². The molecule has 5 heteroatoms. The molecular formula is C21H23NO3S. The van der Waals surface area contributed by atoms with Crippen LogP contribution in [0, 0.1) is 13.8 Å². The summed E-state index contributed by atoms with van der Waals surface area (Å²) in [5.41, 5.74) is 4.57. The molecule has 0 aliphatic carbocycles. The molecule has 3 rings (SSSR count). The Hall–Kier alpha value is -2.27. The SMILES string of the molecule is COC(=O)[C@H]1Cc2ccccc2CN1C(=O)CSc1ccc(C)cc1C. The summed E-state index contributed by atoms with van der Waals surface area (Å²) in [7, 11) is 1.37. The molecule has 0 spiro atoms. The van der Waals surface area contributed by atoms with E-state index in [1.807, 2.05) is 43.3 Å². The van der Waals surface area contributed by atoms with Crippen LogP contribution in [0.4, 0.5) is 0 Å². The molecule has 0 N–H and O–H groups in total. The maximum Gasteiger partial charge on any atom is 0.328 e. The first kappa shape index (κ1) is 18.5. The molecule has 0 bridgehead atoms. The van der Waals surface area contributed by atoms with E-state index in [-0.39, 0.29) is 11.9 Å².